The molecule has 1 aliphatic carbocycles. The Kier molecular flexibility index (Phi) is 2.87. The van der Waals surface area contributed by atoms with Crippen LogP contribution in [-0.2, 0) is 16.1 Å². The van der Waals surface area contributed by atoms with E-state index in [1.165, 1.54) is 12.8 Å². The highest BCUT2D eigenvalue weighted by Gasteiger charge is 2.29. The number of imide groups is 1. The summed E-state index contributed by atoms with van der Waals surface area (Å²) < 4.78 is 1.87. The van der Waals surface area contributed by atoms with Crippen LogP contribution in [0.1, 0.15) is 37.4 Å². The molecule has 2 fully saturated rings. The van der Waals surface area contributed by atoms with E-state index in [-0.39, 0.29) is 17.9 Å². The Morgan fingerprint density at radius 1 is 1.39 bits per heavy atom. The van der Waals surface area contributed by atoms with Gasteiger partial charge < -0.3 is 9.88 Å². The molecular formula is C12H16N4O2. The first-order valence-electron chi connectivity index (χ1n) is 6.32. The lowest BCUT2D eigenvalue weighted by atomic mass is 10.1. The highest BCUT2D eigenvalue weighted by atomic mass is 16.2. The van der Waals surface area contributed by atoms with Crippen molar-refractivity contribution in [1.82, 2.24) is 20.2 Å². The predicted molar refractivity (Wildman–Crippen MR) is 63.5 cm³/mol. The van der Waals surface area contributed by atoms with Gasteiger partial charge in [-0.3, -0.25) is 14.9 Å². The van der Waals surface area contributed by atoms with Crippen molar-refractivity contribution in [3.8, 4) is 0 Å². The number of carbonyl (C=O) groups excluding carboxylic acids is 2. The fourth-order valence-corrected chi connectivity index (χ4v) is 2.23. The minimum atomic E-state index is -0.304. The third kappa shape index (κ3) is 2.28. The van der Waals surface area contributed by atoms with Crippen LogP contribution in [0.5, 0.6) is 0 Å². The van der Waals surface area contributed by atoms with Gasteiger partial charge in [-0.1, -0.05) is 0 Å². The van der Waals surface area contributed by atoms with Gasteiger partial charge in [0.1, 0.15) is 6.04 Å². The van der Waals surface area contributed by atoms with Crippen molar-refractivity contribution in [1.29, 1.82) is 0 Å². The average molecular weight is 248 g/mol. The van der Waals surface area contributed by atoms with E-state index in [1.807, 2.05) is 4.57 Å². The maximum atomic E-state index is 11.8. The number of hydrogen-bond donors (Lipinski definition) is 2. The molecule has 1 aromatic rings. The lowest BCUT2D eigenvalue weighted by molar-refractivity contribution is -0.135. The molecule has 96 valence electrons. The van der Waals surface area contributed by atoms with Crippen LogP contribution >= 0.6 is 0 Å². The van der Waals surface area contributed by atoms with Crippen LogP contribution in [-0.4, -0.2) is 27.4 Å². The zero-order chi connectivity index (χ0) is 12.5. The Hall–Kier alpha value is -1.69. The predicted octanol–water partition coefficient (Wildman–Crippen LogP) is 0.113. The second-order valence-corrected chi connectivity index (χ2v) is 4.91. The minimum absolute atomic E-state index is 0.186. The number of piperidine rings is 1. The van der Waals surface area contributed by atoms with Gasteiger partial charge in [-0.15, -0.1) is 0 Å². The summed E-state index contributed by atoms with van der Waals surface area (Å²) in [5.41, 5.74) is 0.997. The quantitative estimate of drug-likeness (QED) is 0.742. The molecule has 6 heteroatoms. The fraction of sp³-hybridized carbons (Fsp3) is 0.583. The van der Waals surface area contributed by atoms with Gasteiger partial charge in [0.15, 0.2) is 0 Å². The molecule has 0 radical (unpaired) electrons. The maximum absolute atomic E-state index is 11.8. The van der Waals surface area contributed by atoms with E-state index < -0.39 is 0 Å². The van der Waals surface area contributed by atoms with E-state index in [0.717, 1.165) is 12.2 Å². The first kappa shape index (κ1) is 11.4. The topological polar surface area (TPSA) is 76.0 Å². The maximum Gasteiger partial charge on any atom is 0.249 e. The fourth-order valence-electron chi connectivity index (χ4n) is 2.23. The molecule has 0 bridgehead atoms. The molecule has 3 rings (SSSR count). The number of aromatic nitrogens is 2. The smallest absolute Gasteiger partial charge is 0.249 e. The molecule has 18 heavy (non-hydrogen) atoms. The Labute approximate surface area is 105 Å². The first-order chi connectivity index (χ1) is 8.74. The van der Waals surface area contributed by atoms with Gasteiger partial charge in [-0.2, -0.15) is 0 Å². The van der Waals surface area contributed by atoms with E-state index in [1.54, 1.807) is 12.5 Å². The van der Waals surface area contributed by atoms with E-state index in [0.29, 0.717) is 18.9 Å². The molecule has 1 aliphatic heterocycles. The van der Waals surface area contributed by atoms with E-state index in [9.17, 15) is 9.59 Å². The SMILES string of the molecule is O=C1CCC(n2cncc2CNC2CC2)C(=O)N1. The van der Waals surface area contributed by atoms with Crippen LogP contribution in [0.15, 0.2) is 12.5 Å². The molecule has 0 spiro atoms. The monoisotopic (exact) mass is 248 g/mol. The number of nitrogens with zero attached hydrogens (tertiary/aromatic N) is 2. The van der Waals surface area contributed by atoms with Crippen LogP contribution in [0.3, 0.4) is 0 Å². The van der Waals surface area contributed by atoms with Crippen LogP contribution in [0.4, 0.5) is 0 Å². The molecule has 2 N–H and O–H groups in total. The third-order valence-corrected chi connectivity index (χ3v) is 3.44. The summed E-state index contributed by atoms with van der Waals surface area (Å²) in [6.45, 7) is 0.725. The second kappa shape index (κ2) is 4.53. The van der Waals surface area contributed by atoms with Crippen molar-refractivity contribution in [3.63, 3.8) is 0 Å². The summed E-state index contributed by atoms with van der Waals surface area (Å²) in [6, 6.07) is 0.316. The molecule has 6 nitrogen and oxygen atoms in total. The average Bonchev–Trinajstić information content (AvgIpc) is 3.06. The van der Waals surface area contributed by atoms with E-state index in [4.69, 9.17) is 0 Å². The van der Waals surface area contributed by atoms with E-state index >= 15 is 0 Å². The Morgan fingerprint density at radius 3 is 2.94 bits per heavy atom. The Morgan fingerprint density at radius 2 is 2.22 bits per heavy atom. The molecule has 2 heterocycles. The van der Waals surface area contributed by atoms with Gasteiger partial charge >= 0.3 is 0 Å². The lowest BCUT2D eigenvalue weighted by Gasteiger charge is -2.23. The third-order valence-electron chi connectivity index (χ3n) is 3.44. The molecule has 1 saturated heterocycles. The van der Waals surface area contributed by atoms with Crippen LogP contribution in [0.25, 0.3) is 0 Å². The number of rotatable bonds is 4. The van der Waals surface area contributed by atoms with Gasteiger partial charge in [0.25, 0.3) is 0 Å². The van der Waals surface area contributed by atoms with Gasteiger partial charge in [0.05, 0.1) is 12.0 Å². The van der Waals surface area contributed by atoms with Gasteiger partial charge in [-0.05, 0) is 19.3 Å². The molecular weight excluding hydrogens is 232 g/mol. The Balaban J connectivity index is 1.72. The van der Waals surface area contributed by atoms with Gasteiger partial charge in [-0.25, -0.2) is 4.98 Å². The lowest BCUT2D eigenvalue weighted by Crippen LogP contribution is -2.42. The zero-order valence-corrected chi connectivity index (χ0v) is 10.1. The van der Waals surface area contributed by atoms with Crippen LogP contribution in [0, 0.1) is 0 Å². The molecule has 1 aromatic heterocycles. The zero-order valence-electron chi connectivity index (χ0n) is 10.1. The summed E-state index contributed by atoms with van der Waals surface area (Å²) in [4.78, 5) is 27.0. The number of nitrogens with one attached hydrogen (secondary N) is 2. The van der Waals surface area contributed by atoms with E-state index in [2.05, 4.69) is 15.6 Å². The number of amides is 2. The van der Waals surface area contributed by atoms with Crippen molar-refractivity contribution in [2.75, 3.05) is 0 Å². The molecule has 1 unspecified atom stereocenters. The summed E-state index contributed by atoms with van der Waals surface area (Å²) in [5, 5.41) is 5.78. The van der Waals surface area contributed by atoms with Crippen molar-refractivity contribution in [2.45, 2.75) is 44.3 Å². The molecule has 1 saturated carbocycles. The van der Waals surface area contributed by atoms with Crippen molar-refractivity contribution < 1.29 is 9.59 Å². The second-order valence-electron chi connectivity index (χ2n) is 4.91. The number of carbonyl (C=O) groups is 2. The summed E-state index contributed by atoms with van der Waals surface area (Å²) >= 11 is 0. The largest absolute Gasteiger partial charge is 0.321 e. The normalized spacial score (nSPS) is 24.1. The molecule has 1 atom stereocenters. The van der Waals surface area contributed by atoms with Gasteiger partial charge in [0.2, 0.25) is 11.8 Å². The minimum Gasteiger partial charge on any atom is -0.321 e. The first-order valence-corrected chi connectivity index (χ1v) is 6.32. The number of hydrogen-bond acceptors (Lipinski definition) is 4. The standard InChI is InChI=1S/C12H16N4O2/c17-11-4-3-10(12(18)15-11)16-7-13-5-9(16)6-14-8-1-2-8/h5,7-8,10,14H,1-4,6H2,(H,15,17,18). The van der Waals surface area contributed by atoms with Crippen LogP contribution < -0.4 is 10.6 Å². The van der Waals surface area contributed by atoms with Crippen LogP contribution in [0.2, 0.25) is 0 Å². The molecule has 2 amide bonds. The Bertz CT molecular complexity index is 478. The van der Waals surface area contributed by atoms with Gasteiger partial charge in [0, 0.05) is 25.2 Å². The highest BCUT2D eigenvalue weighted by Crippen LogP contribution is 2.22. The number of imidazole rings is 1. The molecule has 2 aliphatic rings. The summed E-state index contributed by atoms with van der Waals surface area (Å²) in [5.74, 6) is -0.411. The van der Waals surface area contributed by atoms with Crippen molar-refractivity contribution in [3.05, 3.63) is 18.2 Å². The van der Waals surface area contributed by atoms with Crippen molar-refractivity contribution in [2.24, 2.45) is 0 Å². The molecule has 0 aromatic carbocycles. The van der Waals surface area contributed by atoms with Crippen molar-refractivity contribution >= 4 is 11.8 Å². The highest BCUT2D eigenvalue weighted by molar-refractivity contribution is 5.99. The summed E-state index contributed by atoms with van der Waals surface area (Å²) in [6.07, 6.45) is 6.85. The summed E-state index contributed by atoms with van der Waals surface area (Å²) in [7, 11) is 0.